The number of ether oxygens (including phenoxy) is 1. The van der Waals surface area contributed by atoms with Gasteiger partial charge < -0.3 is 20.1 Å². The molecule has 0 aromatic heterocycles. The number of likely N-dealkylation sites (tertiary alicyclic amines) is 1. The van der Waals surface area contributed by atoms with Crippen molar-refractivity contribution in [3.05, 3.63) is 0 Å². The van der Waals surface area contributed by atoms with Gasteiger partial charge in [-0.25, -0.2) is 4.79 Å². The van der Waals surface area contributed by atoms with Crippen molar-refractivity contribution in [1.29, 1.82) is 0 Å². The fourth-order valence-electron chi connectivity index (χ4n) is 3.08. The lowest BCUT2D eigenvalue weighted by Gasteiger charge is -2.33. The molecule has 1 heterocycles. The van der Waals surface area contributed by atoms with Gasteiger partial charge in [0.1, 0.15) is 5.60 Å². The summed E-state index contributed by atoms with van der Waals surface area (Å²) in [7, 11) is 0. The van der Waals surface area contributed by atoms with E-state index in [2.05, 4.69) is 12.2 Å². The zero-order valence-electron chi connectivity index (χ0n) is 15.4. The average molecular weight is 328 g/mol. The highest BCUT2D eigenvalue weighted by molar-refractivity contribution is 5.68. The van der Waals surface area contributed by atoms with Crippen LogP contribution in [0.4, 0.5) is 4.79 Å². The maximum atomic E-state index is 12.0. The van der Waals surface area contributed by atoms with Crippen molar-refractivity contribution >= 4 is 6.09 Å². The van der Waals surface area contributed by atoms with Crippen LogP contribution in [0.15, 0.2) is 0 Å². The van der Waals surface area contributed by atoms with E-state index in [1.165, 1.54) is 12.8 Å². The second-order valence-electron chi connectivity index (χ2n) is 7.74. The molecule has 1 unspecified atom stereocenters. The number of carbonyl (C=O) groups is 1. The molecule has 5 heteroatoms. The van der Waals surface area contributed by atoms with Crippen LogP contribution in [0.25, 0.3) is 0 Å². The Bertz CT molecular complexity index is 328. The highest BCUT2D eigenvalue weighted by atomic mass is 16.6. The Hall–Kier alpha value is -0.810. The number of aliphatic hydroxyl groups is 1. The fourth-order valence-corrected chi connectivity index (χ4v) is 3.08. The molecule has 0 spiro atoms. The highest BCUT2D eigenvalue weighted by Gasteiger charge is 2.26. The second-order valence-corrected chi connectivity index (χ2v) is 7.74. The van der Waals surface area contributed by atoms with Gasteiger partial charge in [0.15, 0.2) is 0 Å². The van der Waals surface area contributed by atoms with E-state index in [0.29, 0.717) is 11.8 Å². The van der Waals surface area contributed by atoms with Crippen LogP contribution in [0.3, 0.4) is 0 Å². The molecule has 1 fully saturated rings. The molecular weight excluding hydrogens is 292 g/mol. The molecule has 1 aliphatic rings. The molecule has 1 saturated heterocycles. The number of rotatable bonds is 8. The molecule has 5 nitrogen and oxygen atoms in total. The van der Waals surface area contributed by atoms with Gasteiger partial charge in [0.25, 0.3) is 0 Å². The molecule has 0 aliphatic carbocycles. The molecule has 0 bridgehead atoms. The Kier molecular flexibility index (Phi) is 8.92. The first-order chi connectivity index (χ1) is 10.9. The Morgan fingerprint density at radius 1 is 1.30 bits per heavy atom. The number of nitrogens with one attached hydrogen (secondary N) is 1. The summed E-state index contributed by atoms with van der Waals surface area (Å²) in [4.78, 5) is 13.9. The van der Waals surface area contributed by atoms with Crippen LogP contribution >= 0.6 is 0 Å². The summed E-state index contributed by atoms with van der Waals surface area (Å²) in [6, 6.07) is 0. The number of hydrogen-bond donors (Lipinski definition) is 2. The lowest BCUT2D eigenvalue weighted by molar-refractivity contribution is 0.0184. The largest absolute Gasteiger partial charge is 0.444 e. The van der Waals surface area contributed by atoms with Gasteiger partial charge in [-0.3, -0.25) is 0 Å². The summed E-state index contributed by atoms with van der Waals surface area (Å²) < 4.78 is 5.43. The molecule has 0 radical (unpaired) electrons. The van der Waals surface area contributed by atoms with Gasteiger partial charge in [0.2, 0.25) is 0 Å². The van der Waals surface area contributed by atoms with Gasteiger partial charge in [0.05, 0.1) is 0 Å². The van der Waals surface area contributed by atoms with E-state index in [1.807, 2.05) is 25.7 Å². The third-order valence-electron chi connectivity index (χ3n) is 4.37. The third-order valence-corrected chi connectivity index (χ3v) is 4.37. The van der Waals surface area contributed by atoms with Gasteiger partial charge in [-0.1, -0.05) is 13.3 Å². The molecule has 1 atom stereocenters. The van der Waals surface area contributed by atoms with E-state index in [1.54, 1.807) is 0 Å². The molecule has 136 valence electrons. The summed E-state index contributed by atoms with van der Waals surface area (Å²) in [5.41, 5.74) is -0.420. The number of amides is 1. The third kappa shape index (κ3) is 8.56. The first-order valence-corrected chi connectivity index (χ1v) is 9.15. The molecule has 0 aromatic rings. The summed E-state index contributed by atoms with van der Waals surface area (Å²) in [5, 5.41) is 12.7. The number of aliphatic hydroxyl groups excluding tert-OH is 1. The summed E-state index contributed by atoms with van der Waals surface area (Å²) in [5.74, 6) is 1.21. The van der Waals surface area contributed by atoms with Crippen LogP contribution in [-0.4, -0.2) is 54.5 Å². The van der Waals surface area contributed by atoms with Crippen molar-refractivity contribution < 1.29 is 14.6 Å². The van der Waals surface area contributed by atoms with Crippen LogP contribution in [-0.2, 0) is 4.74 Å². The van der Waals surface area contributed by atoms with E-state index in [0.717, 1.165) is 45.4 Å². The molecule has 1 aliphatic heterocycles. The minimum absolute atomic E-state index is 0.185. The van der Waals surface area contributed by atoms with Gasteiger partial charge in [-0.15, -0.1) is 0 Å². The van der Waals surface area contributed by atoms with E-state index in [-0.39, 0.29) is 12.7 Å². The van der Waals surface area contributed by atoms with Gasteiger partial charge in [0, 0.05) is 19.7 Å². The topological polar surface area (TPSA) is 61.8 Å². The minimum Gasteiger partial charge on any atom is -0.444 e. The van der Waals surface area contributed by atoms with E-state index in [9.17, 15) is 4.79 Å². The van der Waals surface area contributed by atoms with Crippen molar-refractivity contribution in [3.8, 4) is 0 Å². The fraction of sp³-hybridized carbons (Fsp3) is 0.944. The lowest BCUT2D eigenvalue weighted by atomic mass is 9.96. The van der Waals surface area contributed by atoms with Gasteiger partial charge >= 0.3 is 6.09 Å². The van der Waals surface area contributed by atoms with Crippen molar-refractivity contribution in [2.75, 3.05) is 32.8 Å². The minimum atomic E-state index is -0.420. The van der Waals surface area contributed by atoms with Crippen molar-refractivity contribution in [2.45, 2.75) is 65.4 Å². The first kappa shape index (κ1) is 20.2. The predicted molar refractivity (Wildman–Crippen MR) is 93.5 cm³/mol. The van der Waals surface area contributed by atoms with E-state index >= 15 is 0 Å². The summed E-state index contributed by atoms with van der Waals surface area (Å²) in [6.07, 6.45) is 5.10. The quantitative estimate of drug-likeness (QED) is 0.719. The monoisotopic (exact) mass is 328 g/mol. The Labute approximate surface area is 141 Å². The second kappa shape index (κ2) is 10.1. The highest BCUT2D eigenvalue weighted by Crippen LogP contribution is 2.19. The molecule has 0 aromatic carbocycles. The van der Waals surface area contributed by atoms with Crippen molar-refractivity contribution in [3.63, 3.8) is 0 Å². The number of hydrogen-bond acceptors (Lipinski definition) is 4. The number of nitrogens with zero attached hydrogens (tertiary/aromatic N) is 1. The Morgan fingerprint density at radius 2 is 1.96 bits per heavy atom. The zero-order chi connectivity index (χ0) is 17.3. The van der Waals surface area contributed by atoms with Gasteiger partial charge in [-0.2, -0.15) is 0 Å². The average Bonchev–Trinajstić information content (AvgIpc) is 2.46. The normalized spacial score (nSPS) is 18.0. The first-order valence-electron chi connectivity index (χ1n) is 9.15. The SMILES string of the molecule is CCCC(CCO)CNCC1CCN(C(=O)OC(C)(C)C)CC1. The van der Waals surface area contributed by atoms with Crippen LogP contribution in [0.2, 0.25) is 0 Å². The molecule has 0 saturated carbocycles. The van der Waals surface area contributed by atoms with E-state index in [4.69, 9.17) is 9.84 Å². The standard InChI is InChI=1S/C18H36N2O3/c1-5-6-15(9-12-21)13-19-14-16-7-10-20(11-8-16)17(22)23-18(2,3)4/h15-16,19,21H,5-14H2,1-4H3. The molecule has 1 rings (SSSR count). The van der Waals surface area contributed by atoms with Crippen LogP contribution in [0, 0.1) is 11.8 Å². The maximum absolute atomic E-state index is 12.0. The number of carbonyl (C=O) groups excluding carboxylic acids is 1. The Balaban J connectivity index is 2.22. The molecule has 1 amide bonds. The molecular formula is C18H36N2O3. The van der Waals surface area contributed by atoms with Crippen molar-refractivity contribution in [2.24, 2.45) is 11.8 Å². The van der Waals surface area contributed by atoms with Crippen LogP contribution in [0.1, 0.15) is 59.8 Å². The summed E-state index contributed by atoms with van der Waals surface area (Å²) >= 11 is 0. The smallest absolute Gasteiger partial charge is 0.410 e. The lowest BCUT2D eigenvalue weighted by Crippen LogP contribution is -2.43. The molecule has 2 N–H and O–H groups in total. The van der Waals surface area contributed by atoms with Crippen molar-refractivity contribution in [1.82, 2.24) is 10.2 Å². The summed E-state index contributed by atoms with van der Waals surface area (Å²) in [6.45, 7) is 11.8. The van der Waals surface area contributed by atoms with E-state index < -0.39 is 5.60 Å². The number of piperidine rings is 1. The van der Waals surface area contributed by atoms with Crippen LogP contribution in [0.5, 0.6) is 0 Å². The molecule has 23 heavy (non-hydrogen) atoms. The zero-order valence-corrected chi connectivity index (χ0v) is 15.4. The predicted octanol–water partition coefficient (Wildman–Crippen LogP) is 3.02. The van der Waals surface area contributed by atoms with Crippen LogP contribution < -0.4 is 5.32 Å². The van der Waals surface area contributed by atoms with Gasteiger partial charge in [-0.05, 0) is 71.4 Å². The Morgan fingerprint density at radius 3 is 2.48 bits per heavy atom. The maximum Gasteiger partial charge on any atom is 0.410 e.